The number of hydrogen-bond acceptors (Lipinski definition) is 7. The second-order valence-electron chi connectivity index (χ2n) is 3.40. The van der Waals surface area contributed by atoms with Gasteiger partial charge in [0.05, 0.1) is 0 Å². The number of nitrogens with two attached hydrogens (primary N) is 1. The predicted octanol–water partition coefficient (Wildman–Crippen LogP) is 1.72. The number of rotatable bonds is 2. The number of anilines is 3. The van der Waals surface area contributed by atoms with E-state index in [-0.39, 0.29) is 23.5 Å². The molecule has 0 bridgehead atoms. The molecule has 2 aromatic rings. The van der Waals surface area contributed by atoms with E-state index in [9.17, 15) is 8.78 Å². The van der Waals surface area contributed by atoms with E-state index < -0.39 is 6.29 Å². The number of aromatic nitrogens is 2. The number of nitrogens with one attached hydrogen (secondary N) is 1. The second kappa shape index (κ2) is 3.45. The standard InChI is InChI=1S/C9H6F2N4O3/c10-9(11)17-5-2-1-4(3-6(5)18-9)13-8-15-14-7(12)16-8/h1-3H,(H2,12,14)(H,13,15). The number of hydrogen-bond donors (Lipinski definition) is 2. The number of nitrogens with zero attached hydrogens (tertiary/aromatic N) is 2. The van der Waals surface area contributed by atoms with E-state index in [4.69, 9.17) is 10.2 Å². The van der Waals surface area contributed by atoms with E-state index in [0.717, 1.165) is 0 Å². The third-order valence-corrected chi connectivity index (χ3v) is 2.09. The third-order valence-electron chi connectivity index (χ3n) is 2.09. The summed E-state index contributed by atoms with van der Waals surface area (Å²) in [7, 11) is 0. The zero-order chi connectivity index (χ0) is 12.8. The average molecular weight is 256 g/mol. The Morgan fingerprint density at radius 2 is 1.94 bits per heavy atom. The quantitative estimate of drug-likeness (QED) is 0.844. The minimum atomic E-state index is -3.64. The van der Waals surface area contributed by atoms with Gasteiger partial charge in [-0.2, -0.15) is 0 Å². The molecule has 7 nitrogen and oxygen atoms in total. The van der Waals surface area contributed by atoms with Crippen molar-refractivity contribution in [3.05, 3.63) is 18.2 Å². The summed E-state index contributed by atoms with van der Waals surface area (Å²) in [4.78, 5) is 0. The van der Waals surface area contributed by atoms with E-state index in [1.54, 1.807) is 0 Å². The van der Waals surface area contributed by atoms with Crippen molar-refractivity contribution < 1.29 is 22.7 Å². The van der Waals surface area contributed by atoms with Crippen molar-refractivity contribution in [2.24, 2.45) is 0 Å². The Labute approximate surface area is 98.5 Å². The zero-order valence-electron chi connectivity index (χ0n) is 8.68. The van der Waals surface area contributed by atoms with Crippen molar-refractivity contribution in [2.45, 2.75) is 6.29 Å². The Hall–Kier alpha value is -2.58. The highest BCUT2D eigenvalue weighted by atomic mass is 19.3. The molecule has 0 radical (unpaired) electrons. The van der Waals surface area contributed by atoms with Crippen molar-refractivity contribution in [3.8, 4) is 11.5 Å². The molecule has 2 heterocycles. The van der Waals surface area contributed by atoms with Gasteiger partial charge >= 0.3 is 18.3 Å². The Kier molecular flexibility index (Phi) is 2.03. The maximum absolute atomic E-state index is 12.8. The molecule has 3 N–H and O–H groups in total. The fraction of sp³-hybridized carbons (Fsp3) is 0.111. The highest BCUT2D eigenvalue weighted by Gasteiger charge is 2.43. The van der Waals surface area contributed by atoms with Gasteiger partial charge in [-0.3, -0.25) is 0 Å². The lowest BCUT2D eigenvalue weighted by Crippen LogP contribution is -2.25. The van der Waals surface area contributed by atoms with Crippen LogP contribution in [0, 0.1) is 0 Å². The van der Waals surface area contributed by atoms with E-state index in [0.29, 0.717) is 5.69 Å². The fourth-order valence-electron chi connectivity index (χ4n) is 1.44. The SMILES string of the molecule is Nc1nnc(Nc2ccc3c(c2)OC(F)(F)O3)o1. The van der Waals surface area contributed by atoms with Crippen molar-refractivity contribution >= 4 is 17.7 Å². The molecular weight excluding hydrogens is 250 g/mol. The smallest absolute Gasteiger partial charge is 0.395 e. The molecule has 0 spiro atoms. The summed E-state index contributed by atoms with van der Waals surface area (Å²) in [6, 6.07) is 4.07. The van der Waals surface area contributed by atoms with Crippen LogP contribution in [0.1, 0.15) is 0 Å². The highest BCUT2D eigenvalue weighted by Crippen LogP contribution is 2.42. The maximum atomic E-state index is 12.8. The minimum Gasteiger partial charge on any atom is -0.395 e. The monoisotopic (exact) mass is 256 g/mol. The Morgan fingerprint density at radius 1 is 1.17 bits per heavy atom. The molecule has 0 fully saturated rings. The topological polar surface area (TPSA) is 95.4 Å². The Balaban J connectivity index is 1.84. The molecule has 0 amide bonds. The van der Waals surface area contributed by atoms with Gasteiger partial charge in [-0.15, -0.1) is 8.78 Å². The number of benzene rings is 1. The Bertz CT molecular complexity index is 601. The van der Waals surface area contributed by atoms with Gasteiger partial charge in [-0.1, -0.05) is 10.2 Å². The van der Waals surface area contributed by atoms with Crippen molar-refractivity contribution in [3.63, 3.8) is 0 Å². The van der Waals surface area contributed by atoms with Gasteiger partial charge in [0.15, 0.2) is 11.5 Å². The van der Waals surface area contributed by atoms with E-state index >= 15 is 0 Å². The average Bonchev–Trinajstić information content (AvgIpc) is 2.80. The molecule has 0 atom stereocenters. The molecule has 0 aliphatic carbocycles. The van der Waals surface area contributed by atoms with Crippen molar-refractivity contribution in [2.75, 3.05) is 11.1 Å². The molecule has 0 saturated carbocycles. The van der Waals surface area contributed by atoms with Crippen LogP contribution in [0.15, 0.2) is 22.6 Å². The summed E-state index contributed by atoms with van der Waals surface area (Å²) >= 11 is 0. The first-order valence-electron chi connectivity index (χ1n) is 4.78. The lowest BCUT2D eigenvalue weighted by Gasteiger charge is -2.04. The van der Waals surface area contributed by atoms with Crippen molar-refractivity contribution in [1.29, 1.82) is 0 Å². The molecule has 1 aliphatic rings. The molecule has 9 heteroatoms. The van der Waals surface area contributed by atoms with Crippen LogP contribution in [0.25, 0.3) is 0 Å². The molecule has 0 saturated heterocycles. The van der Waals surface area contributed by atoms with Crippen LogP contribution >= 0.6 is 0 Å². The molecular formula is C9H6F2N4O3. The summed E-state index contributed by atoms with van der Waals surface area (Å²) in [5.74, 6) is -0.131. The van der Waals surface area contributed by atoms with Gasteiger partial charge in [0.2, 0.25) is 0 Å². The predicted molar refractivity (Wildman–Crippen MR) is 54.6 cm³/mol. The van der Waals surface area contributed by atoms with E-state index in [2.05, 4.69) is 25.0 Å². The summed E-state index contributed by atoms with van der Waals surface area (Å²) in [5, 5.41) is 9.67. The van der Waals surface area contributed by atoms with Gasteiger partial charge in [0, 0.05) is 11.8 Å². The van der Waals surface area contributed by atoms with Crippen LogP contribution in [0.5, 0.6) is 11.5 Å². The first-order valence-corrected chi connectivity index (χ1v) is 4.78. The van der Waals surface area contributed by atoms with Crippen LogP contribution in [-0.2, 0) is 0 Å². The number of alkyl halides is 2. The summed E-state index contributed by atoms with van der Waals surface area (Å²) in [6.07, 6.45) is -3.64. The van der Waals surface area contributed by atoms with Crippen LogP contribution in [0.4, 0.5) is 26.5 Å². The lowest BCUT2D eigenvalue weighted by molar-refractivity contribution is -0.286. The summed E-state index contributed by atoms with van der Waals surface area (Å²) in [6.45, 7) is 0. The van der Waals surface area contributed by atoms with Gasteiger partial charge in [-0.25, -0.2) is 0 Å². The number of fused-ring (bicyclic) bond motifs is 1. The highest BCUT2D eigenvalue weighted by molar-refractivity contribution is 5.60. The summed E-state index contributed by atoms with van der Waals surface area (Å²) in [5.41, 5.74) is 5.65. The van der Waals surface area contributed by atoms with E-state index in [1.807, 2.05) is 0 Å². The zero-order valence-corrected chi connectivity index (χ0v) is 8.68. The largest absolute Gasteiger partial charge is 0.586 e. The first-order chi connectivity index (χ1) is 8.52. The van der Waals surface area contributed by atoms with Crippen molar-refractivity contribution in [1.82, 2.24) is 10.2 Å². The number of nitrogen functional groups attached to an aromatic ring is 1. The molecule has 3 rings (SSSR count). The van der Waals surface area contributed by atoms with Crippen LogP contribution in [-0.4, -0.2) is 16.5 Å². The lowest BCUT2D eigenvalue weighted by atomic mass is 10.3. The molecule has 18 heavy (non-hydrogen) atoms. The molecule has 1 aromatic carbocycles. The first kappa shape index (κ1) is 10.6. The molecule has 1 aliphatic heterocycles. The molecule has 1 aromatic heterocycles. The van der Waals surface area contributed by atoms with Gasteiger partial charge < -0.3 is 24.9 Å². The normalized spacial score (nSPS) is 15.7. The van der Waals surface area contributed by atoms with Crippen LogP contribution < -0.4 is 20.5 Å². The van der Waals surface area contributed by atoms with Crippen LogP contribution in [0.2, 0.25) is 0 Å². The van der Waals surface area contributed by atoms with Gasteiger partial charge in [0.25, 0.3) is 0 Å². The van der Waals surface area contributed by atoms with Crippen LogP contribution in [0.3, 0.4) is 0 Å². The third kappa shape index (κ3) is 1.85. The Morgan fingerprint density at radius 3 is 2.67 bits per heavy atom. The summed E-state index contributed by atoms with van der Waals surface area (Å²) < 4.78 is 39.0. The minimum absolute atomic E-state index is 0.0399. The van der Waals surface area contributed by atoms with Gasteiger partial charge in [0.1, 0.15) is 0 Å². The molecule has 94 valence electrons. The number of halogens is 2. The second-order valence-corrected chi connectivity index (χ2v) is 3.40. The molecule has 0 unspecified atom stereocenters. The fourth-order valence-corrected chi connectivity index (χ4v) is 1.44. The number of ether oxygens (including phenoxy) is 2. The maximum Gasteiger partial charge on any atom is 0.586 e. The van der Waals surface area contributed by atoms with E-state index in [1.165, 1.54) is 18.2 Å². The van der Waals surface area contributed by atoms with Gasteiger partial charge in [-0.05, 0) is 12.1 Å².